The molecule has 0 N–H and O–H groups in total. The van der Waals surface area contributed by atoms with Crippen molar-refractivity contribution >= 4 is 0 Å². The highest BCUT2D eigenvalue weighted by Crippen LogP contribution is 2.28. The Kier molecular flexibility index (Phi) is 3.77. The molecular formula is C15H25N. The van der Waals surface area contributed by atoms with Crippen molar-refractivity contribution in [3.05, 3.63) is 29.6 Å². The minimum absolute atomic E-state index is 0.196. The molecule has 0 amide bonds. The molecule has 90 valence electrons. The Hall–Kier alpha value is -0.850. The predicted molar refractivity (Wildman–Crippen MR) is 70.7 cm³/mol. The first-order valence-electron chi connectivity index (χ1n) is 6.14. The summed E-state index contributed by atoms with van der Waals surface area (Å²) in [4.78, 5) is 4.55. The number of pyridine rings is 1. The molecule has 0 atom stereocenters. The van der Waals surface area contributed by atoms with Gasteiger partial charge < -0.3 is 0 Å². The molecular weight excluding hydrogens is 194 g/mol. The number of rotatable bonds is 2. The van der Waals surface area contributed by atoms with Crippen LogP contribution in [0.3, 0.4) is 0 Å². The Labute approximate surface area is 100 Å². The molecule has 0 fully saturated rings. The van der Waals surface area contributed by atoms with Gasteiger partial charge in [0.25, 0.3) is 0 Å². The quantitative estimate of drug-likeness (QED) is 0.720. The van der Waals surface area contributed by atoms with E-state index in [9.17, 15) is 0 Å². The van der Waals surface area contributed by atoms with Crippen LogP contribution in [0.2, 0.25) is 0 Å². The van der Waals surface area contributed by atoms with Crippen molar-refractivity contribution in [3.8, 4) is 0 Å². The number of nitrogens with zero attached hydrogens (tertiary/aromatic N) is 1. The zero-order chi connectivity index (χ0) is 12.4. The SMILES string of the molecule is CC(C)(C)CCc1ncccc1C(C)(C)C. The fourth-order valence-electron chi connectivity index (χ4n) is 1.81. The summed E-state index contributed by atoms with van der Waals surface area (Å²) in [6, 6.07) is 4.26. The lowest BCUT2D eigenvalue weighted by molar-refractivity contribution is 0.374. The Bertz CT molecular complexity index is 339. The molecule has 1 heteroatoms. The zero-order valence-corrected chi connectivity index (χ0v) is 11.6. The van der Waals surface area contributed by atoms with Crippen LogP contribution in [0.1, 0.15) is 59.2 Å². The van der Waals surface area contributed by atoms with Crippen molar-refractivity contribution < 1.29 is 0 Å². The number of aryl methyl sites for hydroxylation is 1. The van der Waals surface area contributed by atoms with Crippen LogP contribution in [0, 0.1) is 5.41 Å². The fourth-order valence-corrected chi connectivity index (χ4v) is 1.81. The Balaban J connectivity index is 2.88. The molecule has 0 aliphatic carbocycles. The van der Waals surface area contributed by atoms with Gasteiger partial charge in [-0.05, 0) is 35.3 Å². The third-order valence-electron chi connectivity index (χ3n) is 2.81. The summed E-state index contributed by atoms with van der Waals surface area (Å²) in [6.07, 6.45) is 4.18. The molecule has 0 bridgehead atoms. The number of aromatic nitrogens is 1. The third kappa shape index (κ3) is 3.96. The van der Waals surface area contributed by atoms with E-state index in [0.29, 0.717) is 5.41 Å². The average molecular weight is 219 g/mol. The van der Waals surface area contributed by atoms with Gasteiger partial charge in [-0.25, -0.2) is 0 Å². The molecule has 1 aromatic heterocycles. The molecule has 0 unspecified atom stereocenters. The molecule has 16 heavy (non-hydrogen) atoms. The molecule has 0 saturated carbocycles. The summed E-state index contributed by atoms with van der Waals surface area (Å²) < 4.78 is 0. The molecule has 0 radical (unpaired) electrons. The van der Waals surface area contributed by atoms with Crippen LogP contribution in [0.25, 0.3) is 0 Å². The Morgan fingerprint density at radius 3 is 2.19 bits per heavy atom. The summed E-state index contributed by atoms with van der Waals surface area (Å²) in [5.74, 6) is 0. The monoisotopic (exact) mass is 219 g/mol. The predicted octanol–water partition coefficient (Wildman–Crippen LogP) is 4.36. The van der Waals surface area contributed by atoms with Crippen LogP contribution in [-0.2, 0) is 11.8 Å². The normalized spacial score (nSPS) is 12.9. The van der Waals surface area contributed by atoms with Crippen molar-refractivity contribution in [2.45, 2.75) is 59.8 Å². The molecule has 0 aliphatic heterocycles. The summed E-state index contributed by atoms with van der Waals surface area (Å²) in [6.45, 7) is 13.6. The topological polar surface area (TPSA) is 12.9 Å². The summed E-state index contributed by atoms with van der Waals surface area (Å²) >= 11 is 0. The van der Waals surface area contributed by atoms with Crippen molar-refractivity contribution in [2.75, 3.05) is 0 Å². The van der Waals surface area contributed by atoms with Gasteiger partial charge in [0.15, 0.2) is 0 Å². The molecule has 0 aromatic carbocycles. The molecule has 0 saturated heterocycles. The largest absolute Gasteiger partial charge is 0.261 e. The van der Waals surface area contributed by atoms with E-state index in [1.165, 1.54) is 17.7 Å². The lowest BCUT2D eigenvalue weighted by Gasteiger charge is -2.24. The van der Waals surface area contributed by atoms with Crippen LogP contribution < -0.4 is 0 Å². The van der Waals surface area contributed by atoms with E-state index in [1.807, 2.05) is 12.3 Å². The number of hydrogen-bond acceptors (Lipinski definition) is 1. The summed E-state index contributed by atoms with van der Waals surface area (Å²) in [5, 5.41) is 0. The van der Waals surface area contributed by atoms with Crippen molar-refractivity contribution in [3.63, 3.8) is 0 Å². The van der Waals surface area contributed by atoms with Crippen molar-refractivity contribution in [1.29, 1.82) is 0 Å². The van der Waals surface area contributed by atoms with E-state index in [-0.39, 0.29) is 5.41 Å². The van der Waals surface area contributed by atoms with E-state index in [4.69, 9.17) is 0 Å². The van der Waals surface area contributed by atoms with Gasteiger partial charge in [0, 0.05) is 11.9 Å². The first-order valence-corrected chi connectivity index (χ1v) is 6.14. The lowest BCUT2D eigenvalue weighted by Crippen LogP contribution is -2.16. The van der Waals surface area contributed by atoms with Gasteiger partial charge in [-0.15, -0.1) is 0 Å². The van der Waals surface area contributed by atoms with Gasteiger partial charge >= 0.3 is 0 Å². The van der Waals surface area contributed by atoms with Crippen molar-refractivity contribution in [2.24, 2.45) is 5.41 Å². The molecule has 0 spiro atoms. The highest BCUT2D eigenvalue weighted by Gasteiger charge is 2.19. The van der Waals surface area contributed by atoms with Gasteiger partial charge in [0.05, 0.1) is 0 Å². The van der Waals surface area contributed by atoms with E-state index < -0.39 is 0 Å². The minimum atomic E-state index is 0.196. The standard InChI is InChI=1S/C15H25N/c1-14(2,3)10-9-13-12(15(4,5)6)8-7-11-16-13/h7-8,11H,9-10H2,1-6H3. The first kappa shape index (κ1) is 13.2. The summed E-state index contributed by atoms with van der Waals surface area (Å²) in [7, 11) is 0. The Morgan fingerprint density at radius 1 is 1.06 bits per heavy atom. The second kappa shape index (κ2) is 4.57. The zero-order valence-electron chi connectivity index (χ0n) is 11.6. The minimum Gasteiger partial charge on any atom is -0.261 e. The highest BCUT2D eigenvalue weighted by atomic mass is 14.7. The average Bonchev–Trinajstić information content (AvgIpc) is 2.12. The summed E-state index contributed by atoms with van der Waals surface area (Å²) in [5.41, 5.74) is 3.23. The van der Waals surface area contributed by atoms with Gasteiger partial charge in [-0.3, -0.25) is 4.98 Å². The van der Waals surface area contributed by atoms with E-state index >= 15 is 0 Å². The van der Waals surface area contributed by atoms with Crippen LogP contribution in [0.4, 0.5) is 0 Å². The second-order valence-corrected chi connectivity index (χ2v) is 6.81. The van der Waals surface area contributed by atoms with Gasteiger partial charge in [0.2, 0.25) is 0 Å². The van der Waals surface area contributed by atoms with Crippen LogP contribution in [0.5, 0.6) is 0 Å². The van der Waals surface area contributed by atoms with Gasteiger partial charge in [-0.2, -0.15) is 0 Å². The highest BCUT2D eigenvalue weighted by molar-refractivity contribution is 5.27. The van der Waals surface area contributed by atoms with Gasteiger partial charge in [-0.1, -0.05) is 47.6 Å². The third-order valence-corrected chi connectivity index (χ3v) is 2.81. The maximum atomic E-state index is 4.55. The van der Waals surface area contributed by atoms with Crippen molar-refractivity contribution in [1.82, 2.24) is 4.98 Å². The van der Waals surface area contributed by atoms with Gasteiger partial charge in [0.1, 0.15) is 0 Å². The first-order chi connectivity index (χ1) is 7.20. The van der Waals surface area contributed by atoms with Crippen LogP contribution >= 0.6 is 0 Å². The molecule has 0 aliphatic rings. The molecule has 1 nitrogen and oxygen atoms in total. The molecule has 1 aromatic rings. The number of hydrogen-bond donors (Lipinski definition) is 0. The van der Waals surface area contributed by atoms with E-state index in [0.717, 1.165) is 6.42 Å². The smallest absolute Gasteiger partial charge is 0.0441 e. The van der Waals surface area contributed by atoms with Crippen LogP contribution in [-0.4, -0.2) is 4.98 Å². The lowest BCUT2D eigenvalue weighted by atomic mass is 9.82. The van der Waals surface area contributed by atoms with E-state index in [1.54, 1.807) is 0 Å². The van der Waals surface area contributed by atoms with Crippen LogP contribution in [0.15, 0.2) is 18.3 Å². The molecule has 1 rings (SSSR count). The maximum absolute atomic E-state index is 4.55. The van der Waals surface area contributed by atoms with E-state index in [2.05, 4.69) is 52.6 Å². The maximum Gasteiger partial charge on any atom is 0.0441 e. The molecule has 1 heterocycles. The second-order valence-electron chi connectivity index (χ2n) is 6.81. The fraction of sp³-hybridized carbons (Fsp3) is 0.667. The Morgan fingerprint density at radius 2 is 1.69 bits per heavy atom.